The van der Waals surface area contributed by atoms with E-state index in [0.717, 1.165) is 0 Å². The van der Waals surface area contributed by atoms with Crippen LogP contribution < -0.4 is 0 Å². The van der Waals surface area contributed by atoms with Crippen LogP contribution in [-0.4, -0.2) is 6.88 Å². The molecular weight excluding hydrogens is 298 g/mol. The Morgan fingerprint density at radius 1 is 1.23 bits per heavy atom. The zero-order valence-electron chi connectivity index (χ0n) is 8.76. The van der Waals surface area contributed by atoms with Crippen LogP contribution in [0.4, 0.5) is 0 Å². The fraction of sp³-hybridized carbons (Fsp3) is 0.222. The molecule has 0 bridgehead atoms. The summed E-state index contributed by atoms with van der Waals surface area (Å²) in [6.07, 6.45) is 0. The van der Waals surface area contributed by atoms with Crippen LogP contribution >= 0.6 is 24.8 Å². The van der Waals surface area contributed by atoms with Gasteiger partial charge in [0, 0.05) is 0 Å². The van der Waals surface area contributed by atoms with Gasteiger partial charge in [-0.3, -0.25) is 0 Å². The van der Waals surface area contributed by atoms with Gasteiger partial charge < -0.3 is 14.9 Å². The average Bonchev–Trinajstić information content (AvgIpc) is 2.23. The molecule has 0 unspecified atom stereocenters. The minimum atomic E-state index is 0. The normalized spacial score (nSPS) is 5.31. The number of rotatable bonds is 0. The molecule has 1 aromatic rings. The third kappa shape index (κ3) is 13.0. The molecule has 13 heavy (non-hydrogen) atoms. The number of aryl methyl sites for hydroxylation is 2. The Balaban J connectivity index is -0.0000000335. The third-order valence-corrected chi connectivity index (χ3v) is 1.31. The fourth-order valence-electron chi connectivity index (χ4n) is 0.600. The molecule has 4 heteroatoms. The minimum absolute atomic E-state index is 0. The van der Waals surface area contributed by atoms with Crippen LogP contribution in [0.5, 0.6) is 0 Å². The molecule has 1 aromatic carbocycles. The summed E-state index contributed by atoms with van der Waals surface area (Å²) in [5.74, 6) is 0. The van der Waals surface area contributed by atoms with E-state index in [0.29, 0.717) is 0 Å². The molecule has 80 valence electrons. The summed E-state index contributed by atoms with van der Waals surface area (Å²) in [6.45, 7) is 6.19. The zero-order chi connectivity index (χ0) is 7.28. The molecule has 0 radical (unpaired) electrons. The van der Waals surface area contributed by atoms with Crippen molar-refractivity contribution in [2.75, 3.05) is 0 Å². The summed E-state index contributed by atoms with van der Waals surface area (Å²) in [4.78, 5) is 0. The number of hydrogen-bond donors (Lipinski definition) is 0. The molecule has 0 amide bonds. The van der Waals surface area contributed by atoms with Crippen molar-refractivity contribution < 1.29 is 23.3 Å². The number of halogens is 2. The molecule has 0 heterocycles. The van der Waals surface area contributed by atoms with Crippen LogP contribution in [0.2, 0.25) is 0 Å². The Bertz CT molecular complexity index is 161. The Morgan fingerprint density at radius 3 is 1.69 bits per heavy atom. The van der Waals surface area contributed by atoms with Crippen molar-refractivity contribution in [3.63, 3.8) is 0 Å². The van der Waals surface area contributed by atoms with Gasteiger partial charge in [0.2, 0.25) is 0 Å². The predicted octanol–water partition coefficient (Wildman–Crippen LogP) is 2.85. The van der Waals surface area contributed by atoms with Gasteiger partial charge in [0.1, 0.15) is 0 Å². The van der Waals surface area contributed by atoms with Crippen molar-refractivity contribution in [3.8, 4) is 0 Å². The van der Waals surface area contributed by atoms with Gasteiger partial charge >= 0.3 is 30.2 Å². The van der Waals surface area contributed by atoms with Gasteiger partial charge in [0.15, 0.2) is 0 Å². The monoisotopic (exact) mass is 315 g/mol. The van der Waals surface area contributed by atoms with Crippen molar-refractivity contribution in [3.05, 3.63) is 44.2 Å². The van der Waals surface area contributed by atoms with Crippen LogP contribution in [0.3, 0.4) is 0 Å². The molecule has 0 aromatic heterocycles. The predicted molar refractivity (Wildman–Crippen MR) is 67.4 cm³/mol. The van der Waals surface area contributed by atoms with E-state index >= 15 is 0 Å². The van der Waals surface area contributed by atoms with Crippen LogP contribution in [0.1, 0.15) is 11.1 Å². The molecule has 0 atom stereocenters. The number of hydrogen-bond acceptors (Lipinski definition) is 0. The quantitative estimate of drug-likeness (QED) is 0.510. The Hall–Kier alpha value is 1.03. The van der Waals surface area contributed by atoms with Crippen molar-refractivity contribution in [2.45, 2.75) is 13.8 Å². The van der Waals surface area contributed by atoms with E-state index in [4.69, 9.17) is 0 Å². The summed E-state index contributed by atoms with van der Waals surface area (Å²) in [5.41, 5.74) is 2.78. The fourth-order valence-corrected chi connectivity index (χ4v) is 0.600. The molecule has 0 nitrogen and oxygen atoms in total. The van der Waals surface area contributed by atoms with Crippen molar-refractivity contribution >= 4 is 31.7 Å². The first-order valence-electron chi connectivity index (χ1n) is 2.85. The molecule has 0 saturated carbocycles. The van der Waals surface area contributed by atoms with Crippen LogP contribution in [0.25, 0.3) is 0 Å². The third-order valence-electron chi connectivity index (χ3n) is 1.31. The zero-order valence-corrected chi connectivity index (χ0v) is 14.3. The maximum absolute atomic E-state index is 2.12. The van der Waals surface area contributed by atoms with Gasteiger partial charge in [-0.15, -0.1) is 24.8 Å². The second-order valence-corrected chi connectivity index (χ2v) is 1.89. The molecule has 0 saturated heterocycles. The van der Waals surface area contributed by atoms with Crippen LogP contribution in [0.15, 0.2) is 18.2 Å². The van der Waals surface area contributed by atoms with E-state index in [2.05, 4.69) is 32.0 Å². The average molecular weight is 317 g/mol. The van der Waals surface area contributed by atoms with E-state index in [9.17, 15) is 0 Å². The van der Waals surface area contributed by atoms with Gasteiger partial charge in [-0.2, -0.15) is 17.2 Å². The van der Waals surface area contributed by atoms with Gasteiger partial charge in [0.25, 0.3) is 0 Å². The van der Waals surface area contributed by atoms with E-state index in [-0.39, 0.29) is 39.7 Å². The molecule has 0 spiro atoms. The van der Waals surface area contributed by atoms with Crippen LogP contribution in [-0.2, 0) is 23.3 Å². The van der Waals surface area contributed by atoms with E-state index < -0.39 is 0 Å². The molecular formula is C9H19Cl2SiZr-3. The Kier molecular flexibility index (Phi) is 42.1. The Morgan fingerprint density at radius 2 is 1.62 bits per heavy atom. The van der Waals surface area contributed by atoms with Crippen molar-refractivity contribution in [1.29, 1.82) is 0 Å². The van der Waals surface area contributed by atoms with Gasteiger partial charge in [-0.1, -0.05) is 13.8 Å². The first kappa shape index (κ1) is 29.2. The maximum atomic E-state index is 2.12. The van der Waals surface area contributed by atoms with Gasteiger partial charge in [-0.25, -0.2) is 12.1 Å². The molecule has 0 aliphatic heterocycles. The SMILES string of the molecule is Cc1ccc[c-]1C.Cl.Cl.[CH3-].[CH3-].[SiH2]=[Zr]. The Labute approximate surface area is 112 Å². The van der Waals surface area contributed by atoms with E-state index in [1.807, 2.05) is 6.88 Å². The summed E-state index contributed by atoms with van der Waals surface area (Å²) < 4.78 is 0. The summed E-state index contributed by atoms with van der Waals surface area (Å²) in [7, 11) is 0. The van der Waals surface area contributed by atoms with Crippen molar-refractivity contribution in [1.82, 2.24) is 0 Å². The summed E-state index contributed by atoms with van der Waals surface area (Å²) in [6, 6.07) is 6.31. The summed E-state index contributed by atoms with van der Waals surface area (Å²) >= 11 is 1.58. The second kappa shape index (κ2) is 18.7. The molecule has 1 rings (SSSR count). The van der Waals surface area contributed by atoms with Crippen LogP contribution in [0, 0.1) is 28.7 Å². The topological polar surface area (TPSA) is 0 Å². The first-order chi connectivity index (χ1) is 4.30. The van der Waals surface area contributed by atoms with Gasteiger partial charge in [0.05, 0.1) is 0 Å². The standard InChI is InChI=1S/C7H9.2CH3.2ClH.H2Si.Zr/c1-6-4-3-5-7(6)2;;;;;;/h3-5H,1-2H3;2*1H3;2*1H;1H2;/q3*-1;;;;. The van der Waals surface area contributed by atoms with Crippen molar-refractivity contribution in [2.24, 2.45) is 0 Å². The van der Waals surface area contributed by atoms with Gasteiger partial charge in [-0.05, 0) is 0 Å². The summed E-state index contributed by atoms with van der Waals surface area (Å²) in [5, 5.41) is 0. The second-order valence-electron chi connectivity index (χ2n) is 1.89. The molecule has 0 fully saturated rings. The first-order valence-corrected chi connectivity index (χ1v) is 8.77. The van der Waals surface area contributed by atoms with E-state index in [1.165, 1.54) is 11.1 Å². The molecule has 0 N–H and O–H groups in total. The molecule has 0 aliphatic carbocycles. The molecule has 0 aliphatic rings. The van der Waals surface area contributed by atoms with E-state index in [1.54, 1.807) is 23.3 Å².